The van der Waals surface area contributed by atoms with Crippen LogP contribution >= 0.6 is 0 Å². The summed E-state index contributed by atoms with van der Waals surface area (Å²) in [6.07, 6.45) is 21.6. The van der Waals surface area contributed by atoms with Crippen molar-refractivity contribution < 1.29 is 19.4 Å². The van der Waals surface area contributed by atoms with E-state index < -0.39 is 6.10 Å². The lowest BCUT2D eigenvalue weighted by Gasteiger charge is -2.18. The summed E-state index contributed by atoms with van der Waals surface area (Å²) in [6.45, 7) is 2.97. The Morgan fingerprint density at radius 3 is 1.85 bits per heavy atom. The number of nitrogens with zero attached hydrogens (tertiary/aromatic N) is 1. The molecule has 34 heavy (non-hydrogen) atoms. The van der Waals surface area contributed by atoms with Crippen LogP contribution in [0.1, 0.15) is 118 Å². The van der Waals surface area contributed by atoms with Crippen molar-refractivity contribution in [3.8, 4) is 0 Å². The minimum Gasteiger partial charge on any atom is -0.389 e. The molecule has 0 radical (unpaired) electrons. The molecule has 2 rings (SSSR count). The molecule has 1 aliphatic heterocycles. The van der Waals surface area contributed by atoms with E-state index in [0.29, 0.717) is 17.7 Å². The minimum absolute atomic E-state index is 0.0280. The Hall–Kier alpha value is -1.98. The number of carbonyl (C=O) groups is 2. The van der Waals surface area contributed by atoms with Crippen molar-refractivity contribution in [2.75, 3.05) is 19.8 Å². The number of aliphatic hydroxyl groups is 1. The van der Waals surface area contributed by atoms with Crippen LogP contribution in [0.3, 0.4) is 0 Å². The Morgan fingerprint density at radius 2 is 1.29 bits per heavy atom. The Balaban J connectivity index is 1.38. The molecule has 0 saturated carbocycles. The van der Waals surface area contributed by atoms with Gasteiger partial charge in [0.1, 0.15) is 0 Å². The summed E-state index contributed by atoms with van der Waals surface area (Å²) in [5, 5.41) is 10.2. The molecule has 0 aromatic heterocycles. The lowest BCUT2D eigenvalue weighted by molar-refractivity contribution is 0.0166. The van der Waals surface area contributed by atoms with Crippen molar-refractivity contribution in [2.24, 2.45) is 0 Å². The third-order valence-corrected chi connectivity index (χ3v) is 6.38. The number of allylic oxidation sites excluding steroid dienone is 2. The monoisotopic (exact) mass is 471 g/mol. The largest absolute Gasteiger partial charge is 0.389 e. The molecule has 1 heterocycles. The van der Waals surface area contributed by atoms with E-state index in [-0.39, 0.29) is 25.0 Å². The van der Waals surface area contributed by atoms with Gasteiger partial charge < -0.3 is 9.84 Å². The van der Waals surface area contributed by atoms with Gasteiger partial charge >= 0.3 is 0 Å². The molecule has 1 unspecified atom stereocenters. The molecule has 190 valence electrons. The first-order valence-electron chi connectivity index (χ1n) is 13.5. The van der Waals surface area contributed by atoms with Crippen molar-refractivity contribution in [1.29, 1.82) is 0 Å². The highest BCUT2D eigenvalue weighted by Crippen LogP contribution is 2.22. The van der Waals surface area contributed by atoms with E-state index in [1.165, 1.54) is 77.0 Å². The first-order valence-corrected chi connectivity index (χ1v) is 13.5. The minimum atomic E-state index is -0.865. The molecule has 1 N–H and O–H groups in total. The maximum Gasteiger partial charge on any atom is 0.261 e. The lowest BCUT2D eigenvalue weighted by Crippen LogP contribution is -2.38. The van der Waals surface area contributed by atoms with Crippen LogP contribution in [0.25, 0.3) is 0 Å². The molecule has 0 aliphatic carbocycles. The molecule has 5 nitrogen and oxygen atoms in total. The number of ether oxygens (including phenoxy) is 1. The number of fused-ring (bicyclic) bond motifs is 1. The Morgan fingerprint density at radius 1 is 0.794 bits per heavy atom. The van der Waals surface area contributed by atoms with Gasteiger partial charge in [0.05, 0.1) is 30.4 Å². The van der Waals surface area contributed by atoms with Crippen LogP contribution < -0.4 is 0 Å². The van der Waals surface area contributed by atoms with E-state index in [1.807, 2.05) is 0 Å². The van der Waals surface area contributed by atoms with Crippen LogP contribution in [0, 0.1) is 0 Å². The van der Waals surface area contributed by atoms with Crippen molar-refractivity contribution in [2.45, 2.75) is 103 Å². The number of hydrogen-bond donors (Lipinski definition) is 1. The number of amides is 2. The van der Waals surface area contributed by atoms with Crippen molar-refractivity contribution in [3.63, 3.8) is 0 Å². The number of benzene rings is 1. The third-order valence-electron chi connectivity index (χ3n) is 6.38. The van der Waals surface area contributed by atoms with Crippen LogP contribution in [0.4, 0.5) is 0 Å². The van der Waals surface area contributed by atoms with Crippen LogP contribution in [-0.4, -0.2) is 47.7 Å². The number of hydrogen-bond acceptors (Lipinski definition) is 4. The number of carbonyl (C=O) groups excluding carboxylic acids is 2. The summed E-state index contributed by atoms with van der Waals surface area (Å²) in [4.78, 5) is 25.8. The SMILES string of the molecule is CCCCCCCC/C=C\CCCCCCCCOCC(O)CN1C(=O)c2ccccc2C1=O. The van der Waals surface area contributed by atoms with Crippen LogP contribution in [0.15, 0.2) is 36.4 Å². The fraction of sp³-hybridized carbons (Fsp3) is 0.655. The number of unbranched alkanes of at least 4 members (excludes halogenated alkanes) is 12. The van der Waals surface area contributed by atoms with Gasteiger partial charge in [0.15, 0.2) is 0 Å². The highest BCUT2D eigenvalue weighted by atomic mass is 16.5. The summed E-state index contributed by atoms with van der Waals surface area (Å²) in [6, 6.07) is 6.77. The topological polar surface area (TPSA) is 66.8 Å². The van der Waals surface area contributed by atoms with Gasteiger partial charge in [0.2, 0.25) is 0 Å². The fourth-order valence-electron chi connectivity index (χ4n) is 4.34. The summed E-state index contributed by atoms with van der Waals surface area (Å²) in [7, 11) is 0. The molecular weight excluding hydrogens is 426 g/mol. The van der Waals surface area contributed by atoms with Gasteiger partial charge in [0, 0.05) is 6.61 Å². The van der Waals surface area contributed by atoms with Gasteiger partial charge in [-0.05, 0) is 44.2 Å². The molecule has 0 bridgehead atoms. The van der Waals surface area contributed by atoms with Crippen LogP contribution in [0.2, 0.25) is 0 Å². The maximum absolute atomic E-state index is 12.3. The van der Waals surface area contributed by atoms with Crippen LogP contribution in [0.5, 0.6) is 0 Å². The standard InChI is InChI=1S/C29H45NO4/c1-2-3-4-5-6-7-8-9-10-11-12-13-14-15-16-19-22-34-24-25(31)23-30-28(32)26-20-17-18-21-27(26)29(30)33/h9-10,17-18,20-21,25,31H,2-8,11-16,19,22-24H2,1H3/b10-9-. The van der Waals surface area contributed by atoms with Gasteiger partial charge in [-0.2, -0.15) is 0 Å². The third kappa shape index (κ3) is 10.5. The summed E-state index contributed by atoms with van der Waals surface area (Å²) in [5.41, 5.74) is 0.814. The normalized spacial score (nSPS) is 14.4. The van der Waals surface area contributed by atoms with Gasteiger partial charge in [0.25, 0.3) is 11.8 Å². The second-order valence-corrected chi connectivity index (χ2v) is 9.43. The summed E-state index contributed by atoms with van der Waals surface area (Å²) < 4.78 is 5.56. The number of rotatable bonds is 20. The average molecular weight is 472 g/mol. The smallest absolute Gasteiger partial charge is 0.261 e. The Kier molecular flexibility index (Phi) is 14.5. The van der Waals surface area contributed by atoms with Gasteiger partial charge in [-0.25, -0.2) is 0 Å². The summed E-state index contributed by atoms with van der Waals surface area (Å²) >= 11 is 0. The zero-order chi connectivity index (χ0) is 24.4. The molecule has 2 amide bonds. The van der Waals surface area contributed by atoms with Crippen LogP contribution in [-0.2, 0) is 4.74 Å². The summed E-state index contributed by atoms with van der Waals surface area (Å²) in [5.74, 6) is -0.680. The fourth-order valence-corrected chi connectivity index (χ4v) is 4.34. The van der Waals surface area contributed by atoms with E-state index in [4.69, 9.17) is 4.74 Å². The quantitative estimate of drug-likeness (QED) is 0.131. The molecule has 1 aromatic rings. The van der Waals surface area contributed by atoms with Crippen molar-refractivity contribution in [3.05, 3.63) is 47.5 Å². The lowest BCUT2D eigenvalue weighted by atomic mass is 10.1. The van der Waals surface area contributed by atoms with Gasteiger partial charge in [-0.1, -0.05) is 89.0 Å². The van der Waals surface area contributed by atoms with Gasteiger partial charge in [-0.3, -0.25) is 14.5 Å². The first-order chi connectivity index (χ1) is 16.6. The zero-order valence-corrected chi connectivity index (χ0v) is 21.2. The van der Waals surface area contributed by atoms with E-state index in [9.17, 15) is 14.7 Å². The molecule has 0 spiro atoms. The number of β-amino-alcohol motifs (C(OH)–C–C–N with tert-alkyl or cyclic N) is 1. The Bertz CT molecular complexity index is 710. The predicted octanol–water partition coefficient (Wildman–Crippen LogP) is 6.70. The molecule has 1 aromatic carbocycles. The average Bonchev–Trinajstić information content (AvgIpc) is 3.08. The van der Waals surface area contributed by atoms with Gasteiger partial charge in [-0.15, -0.1) is 0 Å². The Labute approximate surface area is 206 Å². The van der Waals surface area contributed by atoms with Crippen molar-refractivity contribution >= 4 is 11.8 Å². The maximum atomic E-state index is 12.3. The zero-order valence-electron chi connectivity index (χ0n) is 21.2. The molecule has 1 aliphatic rings. The highest BCUT2D eigenvalue weighted by Gasteiger charge is 2.36. The van der Waals surface area contributed by atoms with E-state index >= 15 is 0 Å². The first kappa shape index (κ1) is 28.3. The van der Waals surface area contributed by atoms with E-state index in [1.54, 1.807) is 24.3 Å². The van der Waals surface area contributed by atoms with Crippen molar-refractivity contribution in [1.82, 2.24) is 4.90 Å². The highest BCUT2D eigenvalue weighted by molar-refractivity contribution is 6.21. The molecule has 5 heteroatoms. The van der Waals surface area contributed by atoms with E-state index in [0.717, 1.165) is 17.7 Å². The second kappa shape index (κ2) is 17.5. The van der Waals surface area contributed by atoms with E-state index in [2.05, 4.69) is 19.1 Å². The molecular formula is C29H45NO4. The molecule has 1 atom stereocenters. The number of aliphatic hydroxyl groups excluding tert-OH is 1. The second-order valence-electron chi connectivity index (χ2n) is 9.43. The molecule has 0 saturated heterocycles. The number of imide groups is 1. The predicted molar refractivity (Wildman–Crippen MR) is 138 cm³/mol. The molecule has 0 fully saturated rings.